The predicted molar refractivity (Wildman–Crippen MR) is 74.6 cm³/mol. The Hall–Kier alpha value is -1.16. The zero-order chi connectivity index (χ0) is 14.0. The largest absolute Gasteiger partial charge is 0.369 e. The highest BCUT2D eigenvalue weighted by Gasteiger charge is 2.20. The number of halogens is 2. The van der Waals surface area contributed by atoms with Crippen molar-refractivity contribution in [3.05, 3.63) is 29.3 Å². The zero-order valence-corrected chi connectivity index (χ0v) is 11.8. The summed E-state index contributed by atoms with van der Waals surface area (Å²) in [5, 5.41) is 3.45. The number of benzene rings is 1. The lowest BCUT2D eigenvalue weighted by Crippen LogP contribution is -2.42. The number of aryl methyl sites for hydroxylation is 1. The second-order valence-electron chi connectivity index (χ2n) is 5.70. The molecule has 1 fully saturated rings. The van der Waals surface area contributed by atoms with Gasteiger partial charge in [-0.05, 0) is 44.4 Å². The van der Waals surface area contributed by atoms with E-state index in [4.69, 9.17) is 0 Å². The Bertz CT molecular complexity index is 448. The molecule has 0 bridgehead atoms. The van der Waals surface area contributed by atoms with Gasteiger partial charge in [-0.1, -0.05) is 6.92 Å². The van der Waals surface area contributed by atoms with E-state index in [1.165, 1.54) is 12.1 Å². The molecule has 2 atom stereocenters. The molecule has 0 amide bonds. The first-order valence-electron chi connectivity index (χ1n) is 6.91. The van der Waals surface area contributed by atoms with Gasteiger partial charge in [0.2, 0.25) is 0 Å². The summed E-state index contributed by atoms with van der Waals surface area (Å²) in [5.74, 6) is -0.254. The van der Waals surface area contributed by atoms with Crippen molar-refractivity contribution >= 4 is 5.69 Å². The zero-order valence-electron chi connectivity index (χ0n) is 11.8. The third kappa shape index (κ3) is 3.44. The molecule has 1 aliphatic rings. The molecule has 1 aromatic carbocycles. The van der Waals surface area contributed by atoms with Crippen molar-refractivity contribution in [1.29, 1.82) is 0 Å². The van der Waals surface area contributed by atoms with Crippen molar-refractivity contribution in [3.8, 4) is 0 Å². The fourth-order valence-corrected chi connectivity index (χ4v) is 2.48. The summed E-state index contributed by atoms with van der Waals surface area (Å²) in [4.78, 5) is 1.97. The van der Waals surface area contributed by atoms with Gasteiger partial charge in [0.25, 0.3) is 0 Å². The van der Waals surface area contributed by atoms with Crippen LogP contribution in [0, 0.1) is 24.5 Å². The van der Waals surface area contributed by atoms with Crippen LogP contribution < -0.4 is 10.2 Å². The number of hydrogen-bond acceptors (Lipinski definition) is 2. The molecule has 1 heterocycles. The summed E-state index contributed by atoms with van der Waals surface area (Å²) >= 11 is 0. The number of nitrogens with zero attached hydrogens (tertiary/aromatic N) is 1. The smallest absolute Gasteiger partial charge is 0.146 e. The number of rotatable bonds is 1. The lowest BCUT2D eigenvalue weighted by Gasteiger charge is -2.33. The van der Waals surface area contributed by atoms with E-state index < -0.39 is 0 Å². The molecule has 2 nitrogen and oxygen atoms in total. The van der Waals surface area contributed by atoms with Gasteiger partial charge in [-0.25, -0.2) is 8.78 Å². The highest BCUT2D eigenvalue weighted by Crippen LogP contribution is 2.25. The fraction of sp³-hybridized carbons (Fsp3) is 0.600. The van der Waals surface area contributed by atoms with Crippen molar-refractivity contribution < 1.29 is 8.78 Å². The molecule has 106 valence electrons. The summed E-state index contributed by atoms with van der Waals surface area (Å²) in [6.45, 7) is 8.25. The summed E-state index contributed by atoms with van der Waals surface area (Å²) in [6.07, 6.45) is 0.932. The molecule has 1 N–H and O–H groups in total. The van der Waals surface area contributed by atoms with Crippen LogP contribution >= 0.6 is 0 Å². The minimum atomic E-state index is -0.336. The molecule has 1 aliphatic heterocycles. The molecule has 0 aromatic heterocycles. The molecule has 1 saturated heterocycles. The maximum Gasteiger partial charge on any atom is 0.146 e. The average Bonchev–Trinajstić information content (AvgIpc) is 2.34. The Balaban J connectivity index is 2.25. The molecule has 2 unspecified atom stereocenters. The third-order valence-electron chi connectivity index (χ3n) is 3.75. The molecule has 1 aromatic rings. The summed E-state index contributed by atoms with van der Waals surface area (Å²) < 4.78 is 27.7. The van der Waals surface area contributed by atoms with Crippen LogP contribution in [0.2, 0.25) is 0 Å². The first-order valence-corrected chi connectivity index (χ1v) is 6.91. The van der Waals surface area contributed by atoms with Crippen molar-refractivity contribution in [3.63, 3.8) is 0 Å². The Morgan fingerprint density at radius 1 is 1.21 bits per heavy atom. The van der Waals surface area contributed by atoms with Crippen LogP contribution in [0.3, 0.4) is 0 Å². The van der Waals surface area contributed by atoms with Crippen molar-refractivity contribution in [2.75, 3.05) is 24.5 Å². The average molecular weight is 268 g/mol. The topological polar surface area (TPSA) is 15.3 Å². The van der Waals surface area contributed by atoms with Gasteiger partial charge in [0.1, 0.15) is 11.6 Å². The van der Waals surface area contributed by atoms with Gasteiger partial charge < -0.3 is 10.2 Å². The van der Waals surface area contributed by atoms with Crippen molar-refractivity contribution in [2.24, 2.45) is 5.92 Å². The molecule has 0 aliphatic carbocycles. The molecular weight excluding hydrogens is 246 g/mol. The molecule has 0 saturated carbocycles. The van der Waals surface area contributed by atoms with Crippen LogP contribution in [0.1, 0.15) is 25.8 Å². The van der Waals surface area contributed by atoms with E-state index in [1.807, 2.05) is 4.90 Å². The summed E-state index contributed by atoms with van der Waals surface area (Å²) in [6, 6.07) is 3.02. The van der Waals surface area contributed by atoms with E-state index >= 15 is 0 Å². The Kier molecular flexibility index (Phi) is 4.40. The minimum absolute atomic E-state index is 0.327. The molecule has 0 radical (unpaired) electrons. The van der Waals surface area contributed by atoms with Gasteiger partial charge in [-0.15, -0.1) is 0 Å². The lowest BCUT2D eigenvalue weighted by atomic mass is 10.1. The van der Waals surface area contributed by atoms with Gasteiger partial charge in [0, 0.05) is 25.2 Å². The minimum Gasteiger partial charge on any atom is -0.369 e. The normalized spacial score (nSPS) is 25.0. The number of anilines is 1. The number of hydrogen-bond donors (Lipinski definition) is 1. The SMILES string of the molecule is Cc1cc(F)c(N2CCC(C)NCC(C)C2)cc1F. The second kappa shape index (κ2) is 5.87. The Morgan fingerprint density at radius 3 is 2.68 bits per heavy atom. The van der Waals surface area contributed by atoms with Crippen LogP contribution in [-0.4, -0.2) is 25.7 Å². The predicted octanol–water partition coefficient (Wildman–Crippen LogP) is 3.10. The Labute approximate surface area is 113 Å². The highest BCUT2D eigenvalue weighted by molar-refractivity contribution is 5.49. The molecule has 2 rings (SSSR count). The quantitative estimate of drug-likeness (QED) is 0.842. The van der Waals surface area contributed by atoms with Gasteiger partial charge in [-0.3, -0.25) is 0 Å². The molecule has 4 heteroatoms. The highest BCUT2D eigenvalue weighted by atomic mass is 19.1. The number of nitrogens with one attached hydrogen (secondary N) is 1. The van der Waals surface area contributed by atoms with E-state index in [0.717, 1.165) is 26.1 Å². The maximum absolute atomic E-state index is 14.0. The lowest BCUT2D eigenvalue weighted by molar-refractivity contribution is 0.408. The van der Waals surface area contributed by atoms with Crippen LogP contribution in [0.25, 0.3) is 0 Å². The van der Waals surface area contributed by atoms with Crippen LogP contribution in [0.15, 0.2) is 12.1 Å². The first-order chi connectivity index (χ1) is 8.97. The monoisotopic (exact) mass is 268 g/mol. The Morgan fingerprint density at radius 2 is 1.95 bits per heavy atom. The third-order valence-corrected chi connectivity index (χ3v) is 3.75. The van der Waals surface area contributed by atoms with Crippen LogP contribution in [0.4, 0.5) is 14.5 Å². The second-order valence-corrected chi connectivity index (χ2v) is 5.70. The molecule has 19 heavy (non-hydrogen) atoms. The maximum atomic E-state index is 14.0. The van der Waals surface area contributed by atoms with Gasteiger partial charge in [0.05, 0.1) is 5.69 Å². The van der Waals surface area contributed by atoms with E-state index in [-0.39, 0.29) is 11.6 Å². The van der Waals surface area contributed by atoms with E-state index in [0.29, 0.717) is 23.2 Å². The van der Waals surface area contributed by atoms with Crippen molar-refractivity contribution in [2.45, 2.75) is 33.2 Å². The standard InChI is InChI=1S/C15H22F2N2/c1-10-8-18-12(3)4-5-19(9-10)15-7-13(16)11(2)6-14(15)17/h6-7,10,12,18H,4-5,8-9H2,1-3H3. The van der Waals surface area contributed by atoms with E-state index in [2.05, 4.69) is 19.2 Å². The molecule has 0 spiro atoms. The van der Waals surface area contributed by atoms with Crippen molar-refractivity contribution in [1.82, 2.24) is 5.32 Å². The fourth-order valence-electron chi connectivity index (χ4n) is 2.48. The van der Waals surface area contributed by atoms with E-state index in [1.54, 1.807) is 6.92 Å². The summed E-state index contributed by atoms with van der Waals surface area (Å²) in [5.41, 5.74) is 0.750. The van der Waals surface area contributed by atoms with Crippen LogP contribution in [0.5, 0.6) is 0 Å². The van der Waals surface area contributed by atoms with E-state index in [9.17, 15) is 8.78 Å². The first kappa shape index (κ1) is 14.3. The van der Waals surface area contributed by atoms with Crippen LogP contribution in [-0.2, 0) is 0 Å². The van der Waals surface area contributed by atoms with Gasteiger partial charge >= 0.3 is 0 Å². The molecular formula is C15H22F2N2. The van der Waals surface area contributed by atoms with Gasteiger partial charge in [0.15, 0.2) is 0 Å². The summed E-state index contributed by atoms with van der Waals surface area (Å²) in [7, 11) is 0. The van der Waals surface area contributed by atoms with Gasteiger partial charge in [-0.2, -0.15) is 0 Å².